The molecule has 0 radical (unpaired) electrons. The van der Waals surface area contributed by atoms with Gasteiger partial charge in [0.1, 0.15) is 0 Å². The van der Waals surface area contributed by atoms with Gasteiger partial charge in [0.15, 0.2) is 0 Å². The molecule has 96 valence electrons. The topological polar surface area (TPSA) is 18.5 Å². The van der Waals surface area contributed by atoms with E-state index in [-0.39, 0.29) is 0 Å². The van der Waals surface area contributed by atoms with Crippen molar-refractivity contribution >= 4 is 49.6 Å². The van der Waals surface area contributed by atoms with Gasteiger partial charge >= 0.3 is 121 Å². The molecule has 0 N–H and O–H groups in total. The Balaban J connectivity index is 2.69. The summed E-state index contributed by atoms with van der Waals surface area (Å²) in [5.41, 5.74) is 0. The van der Waals surface area contributed by atoms with Crippen LogP contribution in [0.2, 0.25) is 11.6 Å². The molecule has 0 spiro atoms. The molecule has 2 rings (SSSR count). The van der Waals surface area contributed by atoms with E-state index in [1.165, 1.54) is 19.7 Å². The van der Waals surface area contributed by atoms with Gasteiger partial charge in [-0.25, -0.2) is 0 Å². The molecule has 0 saturated carbocycles. The van der Waals surface area contributed by atoms with Gasteiger partial charge in [0.2, 0.25) is 0 Å². The Hall–Kier alpha value is -0.661. The predicted molar refractivity (Wildman–Crippen MR) is 79.6 cm³/mol. The first-order chi connectivity index (χ1) is 8.73. The zero-order valence-corrected chi connectivity index (χ0v) is 14.4. The molecule has 0 aliphatic carbocycles. The summed E-state index contributed by atoms with van der Waals surface area (Å²) in [4.78, 5) is 0. The van der Waals surface area contributed by atoms with Gasteiger partial charge in [0, 0.05) is 0 Å². The number of ether oxygens (including phenoxy) is 2. The van der Waals surface area contributed by atoms with E-state index >= 15 is 0 Å². The van der Waals surface area contributed by atoms with E-state index in [1.54, 1.807) is 14.2 Å². The van der Waals surface area contributed by atoms with Gasteiger partial charge in [-0.05, 0) is 0 Å². The van der Waals surface area contributed by atoms with Crippen LogP contribution in [0.4, 0.5) is 0 Å². The zero-order chi connectivity index (χ0) is 13.1. The molecule has 0 aliphatic rings. The molecule has 4 heteroatoms. The van der Waals surface area contributed by atoms with Gasteiger partial charge in [0.05, 0.1) is 0 Å². The summed E-state index contributed by atoms with van der Waals surface area (Å²) >= 11 is 0.861. The van der Waals surface area contributed by atoms with E-state index in [4.69, 9.17) is 9.47 Å². The molecule has 0 bridgehead atoms. The molecule has 0 amide bonds. The third-order valence-electron chi connectivity index (χ3n) is 2.85. The van der Waals surface area contributed by atoms with Crippen molar-refractivity contribution < 1.29 is 9.47 Å². The Morgan fingerprint density at radius 3 is 1.39 bits per heavy atom. The standard InChI is InChI=1S/C14H16O2Se2/c1-15-11-5-9-8-14(18-4)12(16-2)6-10(9)7-13(11)17-3/h5-8H,1-4H3. The van der Waals surface area contributed by atoms with Crippen molar-refractivity contribution in [2.75, 3.05) is 14.2 Å². The van der Waals surface area contributed by atoms with Crippen LogP contribution in [-0.4, -0.2) is 44.1 Å². The fraction of sp³-hybridized carbons (Fsp3) is 0.286. The number of benzene rings is 2. The monoisotopic (exact) mass is 376 g/mol. The minimum absolute atomic E-state index is 0.431. The number of hydrogen-bond acceptors (Lipinski definition) is 2. The first-order valence-electron chi connectivity index (χ1n) is 5.51. The molecule has 0 fully saturated rings. The average molecular weight is 374 g/mol. The van der Waals surface area contributed by atoms with Crippen molar-refractivity contribution in [2.24, 2.45) is 0 Å². The SMILES string of the molecule is COc1cc2cc([Se]C)c(OC)cc2cc1[Se]C. The van der Waals surface area contributed by atoms with Crippen molar-refractivity contribution in [3.63, 3.8) is 0 Å². The summed E-state index contributed by atoms with van der Waals surface area (Å²) in [7, 11) is 3.48. The fourth-order valence-electron chi connectivity index (χ4n) is 1.90. The van der Waals surface area contributed by atoms with Gasteiger partial charge in [-0.15, -0.1) is 0 Å². The van der Waals surface area contributed by atoms with Crippen molar-refractivity contribution in [2.45, 2.75) is 11.6 Å². The van der Waals surface area contributed by atoms with E-state index in [1.807, 2.05) is 0 Å². The molecule has 0 saturated heterocycles. The Morgan fingerprint density at radius 1 is 0.722 bits per heavy atom. The van der Waals surface area contributed by atoms with E-state index in [0.717, 1.165) is 11.5 Å². The Kier molecular flexibility index (Phi) is 4.58. The van der Waals surface area contributed by atoms with E-state index in [0.29, 0.717) is 29.9 Å². The number of rotatable bonds is 4. The first-order valence-corrected chi connectivity index (χ1v) is 10.6. The second-order valence-electron chi connectivity index (χ2n) is 3.76. The Labute approximate surface area is 120 Å². The summed E-state index contributed by atoms with van der Waals surface area (Å²) in [5, 5.41) is 2.47. The molecule has 2 nitrogen and oxygen atoms in total. The second kappa shape index (κ2) is 5.99. The number of hydrogen-bond donors (Lipinski definition) is 0. The molecule has 0 aliphatic heterocycles. The Bertz CT molecular complexity index is 470. The van der Waals surface area contributed by atoms with Gasteiger partial charge < -0.3 is 0 Å². The van der Waals surface area contributed by atoms with Crippen LogP contribution in [0.3, 0.4) is 0 Å². The van der Waals surface area contributed by atoms with Crippen molar-refractivity contribution in [1.82, 2.24) is 0 Å². The molecule has 18 heavy (non-hydrogen) atoms. The van der Waals surface area contributed by atoms with E-state index in [2.05, 4.69) is 35.9 Å². The van der Waals surface area contributed by atoms with Crippen LogP contribution in [0.25, 0.3) is 10.8 Å². The van der Waals surface area contributed by atoms with Gasteiger partial charge in [0.25, 0.3) is 0 Å². The third kappa shape index (κ3) is 2.53. The minimum atomic E-state index is 0.431. The molecule has 2 aromatic carbocycles. The predicted octanol–water partition coefficient (Wildman–Crippen LogP) is 1.61. The Morgan fingerprint density at radius 2 is 1.11 bits per heavy atom. The zero-order valence-electron chi connectivity index (χ0n) is 10.9. The summed E-state index contributed by atoms with van der Waals surface area (Å²) in [6.07, 6.45) is 0. The van der Waals surface area contributed by atoms with E-state index < -0.39 is 0 Å². The van der Waals surface area contributed by atoms with Crippen LogP contribution in [0, 0.1) is 0 Å². The average Bonchev–Trinajstić information content (AvgIpc) is 2.43. The molecule has 0 heterocycles. The van der Waals surface area contributed by atoms with Crippen molar-refractivity contribution in [3.05, 3.63) is 24.3 Å². The third-order valence-corrected chi connectivity index (χ3v) is 6.03. The molecule has 0 unspecified atom stereocenters. The van der Waals surface area contributed by atoms with Crippen LogP contribution in [-0.2, 0) is 0 Å². The normalized spacial score (nSPS) is 10.7. The van der Waals surface area contributed by atoms with Crippen LogP contribution in [0.5, 0.6) is 11.5 Å². The molecule has 0 atom stereocenters. The maximum atomic E-state index is 5.46. The first kappa shape index (κ1) is 13.8. The van der Waals surface area contributed by atoms with Crippen LogP contribution < -0.4 is 18.4 Å². The summed E-state index contributed by atoms with van der Waals surface area (Å²) in [6.45, 7) is 0. The molecular formula is C14H16O2Se2. The quantitative estimate of drug-likeness (QED) is 0.758. The van der Waals surface area contributed by atoms with Crippen LogP contribution in [0.15, 0.2) is 24.3 Å². The summed E-state index contributed by atoms with van der Waals surface area (Å²) < 4.78 is 13.5. The van der Waals surface area contributed by atoms with Crippen molar-refractivity contribution in [1.29, 1.82) is 0 Å². The van der Waals surface area contributed by atoms with Crippen LogP contribution >= 0.6 is 0 Å². The maximum absolute atomic E-state index is 5.46. The molecule has 0 aromatic heterocycles. The second-order valence-corrected chi connectivity index (χ2v) is 7.32. The number of methoxy groups -OCH3 is 2. The number of fused-ring (bicyclic) bond motifs is 1. The van der Waals surface area contributed by atoms with E-state index in [9.17, 15) is 0 Å². The molecule has 2 aromatic rings. The van der Waals surface area contributed by atoms with Gasteiger partial charge in [-0.1, -0.05) is 0 Å². The summed E-state index contributed by atoms with van der Waals surface area (Å²) in [6, 6.07) is 8.74. The summed E-state index contributed by atoms with van der Waals surface area (Å²) in [5.74, 6) is 6.42. The van der Waals surface area contributed by atoms with Crippen molar-refractivity contribution in [3.8, 4) is 11.5 Å². The molecular weight excluding hydrogens is 358 g/mol. The van der Waals surface area contributed by atoms with Crippen LogP contribution in [0.1, 0.15) is 0 Å². The fourth-order valence-corrected chi connectivity index (χ4v) is 4.37. The van der Waals surface area contributed by atoms with Gasteiger partial charge in [-0.2, -0.15) is 0 Å². The van der Waals surface area contributed by atoms with Gasteiger partial charge in [-0.3, -0.25) is 0 Å².